The number of carbonyl (C=O) groups is 1. The van der Waals surface area contributed by atoms with Crippen molar-refractivity contribution < 1.29 is 14.3 Å². The fraction of sp³-hybridized carbons (Fsp3) is 0.214. The van der Waals surface area contributed by atoms with Gasteiger partial charge >= 0.3 is 0 Å². The van der Waals surface area contributed by atoms with Gasteiger partial charge in [0.25, 0.3) is 5.91 Å². The van der Waals surface area contributed by atoms with Crippen LogP contribution in [0.15, 0.2) is 76.6 Å². The molecule has 35 heavy (non-hydrogen) atoms. The summed E-state index contributed by atoms with van der Waals surface area (Å²) >= 11 is 7.26. The van der Waals surface area contributed by atoms with E-state index in [1.165, 1.54) is 30.2 Å². The number of ether oxygens (including phenoxy) is 2. The maximum atomic E-state index is 12.5. The van der Waals surface area contributed by atoms with Gasteiger partial charge in [0.15, 0.2) is 16.7 Å². The van der Waals surface area contributed by atoms with E-state index in [9.17, 15) is 4.79 Å². The van der Waals surface area contributed by atoms with E-state index in [1.807, 2.05) is 60.7 Å². The lowest BCUT2D eigenvalue weighted by atomic mass is 10.1. The van der Waals surface area contributed by atoms with E-state index in [-0.39, 0.29) is 5.91 Å². The van der Waals surface area contributed by atoms with Crippen LogP contribution in [0.4, 0.5) is 5.69 Å². The number of benzene rings is 3. The summed E-state index contributed by atoms with van der Waals surface area (Å²) in [6.45, 7) is 2.58. The van der Waals surface area contributed by atoms with Gasteiger partial charge in [-0.15, -0.1) is 0 Å². The van der Waals surface area contributed by atoms with E-state index in [0.717, 1.165) is 23.2 Å². The van der Waals surface area contributed by atoms with Crippen molar-refractivity contribution in [2.24, 2.45) is 4.99 Å². The number of hydrogen-bond acceptors (Lipinski definition) is 5. The van der Waals surface area contributed by atoms with Gasteiger partial charge in [-0.25, -0.2) is 4.99 Å². The SMILES string of the molecule is CCCCc1ccc(N=C2NC(=O)/C(=C/c3ccc(OCc4ccc(Cl)cc4)c(OC)c3)S2)cc1. The average molecular weight is 507 g/mol. The predicted octanol–water partition coefficient (Wildman–Crippen LogP) is 7.16. The fourth-order valence-corrected chi connectivity index (χ4v) is 4.47. The lowest BCUT2D eigenvalue weighted by molar-refractivity contribution is -0.115. The zero-order valence-corrected chi connectivity index (χ0v) is 21.3. The van der Waals surface area contributed by atoms with Crippen LogP contribution in [0.5, 0.6) is 11.5 Å². The highest BCUT2D eigenvalue weighted by molar-refractivity contribution is 8.18. The second-order valence-corrected chi connectivity index (χ2v) is 9.54. The average Bonchev–Trinajstić information content (AvgIpc) is 3.21. The molecular weight excluding hydrogens is 480 g/mol. The van der Waals surface area contributed by atoms with Gasteiger partial charge in [-0.2, -0.15) is 0 Å². The number of rotatable bonds is 9. The molecule has 0 bridgehead atoms. The van der Waals surface area contributed by atoms with Crippen molar-refractivity contribution in [1.82, 2.24) is 5.32 Å². The Hall–Kier alpha value is -3.22. The first-order chi connectivity index (χ1) is 17.0. The Morgan fingerprint density at radius 1 is 1.00 bits per heavy atom. The number of carbonyl (C=O) groups excluding carboxylic acids is 1. The number of unbranched alkanes of at least 4 members (excludes halogenated alkanes) is 1. The number of aryl methyl sites for hydroxylation is 1. The van der Waals surface area contributed by atoms with Crippen LogP contribution >= 0.6 is 23.4 Å². The van der Waals surface area contributed by atoms with Crippen LogP contribution in [-0.4, -0.2) is 18.2 Å². The zero-order chi connectivity index (χ0) is 24.6. The molecule has 3 aromatic carbocycles. The largest absolute Gasteiger partial charge is 0.493 e. The molecular formula is C28H27ClN2O3S. The molecule has 180 valence electrons. The first-order valence-electron chi connectivity index (χ1n) is 11.5. The first kappa shape index (κ1) is 24.9. The molecule has 4 rings (SSSR count). The monoisotopic (exact) mass is 506 g/mol. The highest BCUT2D eigenvalue weighted by atomic mass is 35.5. The molecule has 0 unspecified atom stereocenters. The number of halogens is 1. The lowest BCUT2D eigenvalue weighted by Gasteiger charge is -2.11. The molecule has 0 aliphatic carbocycles. The van der Waals surface area contributed by atoms with Crippen LogP contribution in [0.2, 0.25) is 5.02 Å². The van der Waals surface area contributed by atoms with Gasteiger partial charge in [0.1, 0.15) is 6.61 Å². The van der Waals surface area contributed by atoms with Crippen molar-refractivity contribution in [2.75, 3.05) is 7.11 Å². The second kappa shape index (κ2) is 12.0. The molecule has 1 heterocycles. The number of nitrogens with one attached hydrogen (secondary N) is 1. The maximum Gasteiger partial charge on any atom is 0.264 e. The number of nitrogens with zero attached hydrogens (tertiary/aromatic N) is 1. The molecule has 0 aromatic heterocycles. The minimum absolute atomic E-state index is 0.171. The van der Waals surface area contributed by atoms with Gasteiger partial charge in [0, 0.05) is 5.02 Å². The molecule has 3 aromatic rings. The summed E-state index contributed by atoms with van der Waals surface area (Å²) in [4.78, 5) is 17.7. The van der Waals surface area contributed by atoms with Gasteiger partial charge < -0.3 is 14.8 Å². The van der Waals surface area contributed by atoms with Gasteiger partial charge in [-0.1, -0.05) is 55.3 Å². The number of amidine groups is 1. The van der Waals surface area contributed by atoms with Gasteiger partial charge in [0.2, 0.25) is 0 Å². The van der Waals surface area contributed by atoms with Crippen molar-refractivity contribution in [2.45, 2.75) is 32.8 Å². The summed E-state index contributed by atoms with van der Waals surface area (Å²) in [5.74, 6) is 1.04. The maximum absolute atomic E-state index is 12.5. The van der Waals surface area contributed by atoms with Crippen LogP contribution in [0.3, 0.4) is 0 Å². The van der Waals surface area contributed by atoms with Crippen molar-refractivity contribution in [3.8, 4) is 11.5 Å². The first-order valence-corrected chi connectivity index (χ1v) is 12.7. The molecule has 1 fully saturated rings. The molecule has 0 spiro atoms. The third-order valence-electron chi connectivity index (χ3n) is 5.43. The summed E-state index contributed by atoms with van der Waals surface area (Å²) in [6, 6.07) is 21.2. The second-order valence-electron chi connectivity index (χ2n) is 8.08. The van der Waals surface area contributed by atoms with Crippen LogP contribution in [0, 0.1) is 0 Å². The van der Waals surface area contributed by atoms with Crippen molar-refractivity contribution in [3.63, 3.8) is 0 Å². The predicted molar refractivity (Wildman–Crippen MR) is 145 cm³/mol. The highest BCUT2D eigenvalue weighted by Gasteiger charge is 2.24. The summed E-state index contributed by atoms with van der Waals surface area (Å²) in [5.41, 5.74) is 3.95. The molecule has 1 aliphatic heterocycles. The number of aliphatic imine (C=N–C) groups is 1. The normalized spacial score (nSPS) is 15.5. The lowest BCUT2D eigenvalue weighted by Crippen LogP contribution is -2.19. The molecule has 5 nitrogen and oxygen atoms in total. The molecule has 1 saturated heterocycles. The third-order valence-corrected chi connectivity index (χ3v) is 6.59. The van der Waals surface area contributed by atoms with Crippen LogP contribution < -0.4 is 14.8 Å². The number of hydrogen-bond donors (Lipinski definition) is 1. The van der Waals surface area contributed by atoms with E-state index in [0.29, 0.717) is 33.2 Å². The minimum atomic E-state index is -0.171. The number of methoxy groups -OCH3 is 1. The quantitative estimate of drug-likeness (QED) is 0.313. The van der Waals surface area contributed by atoms with Crippen LogP contribution in [0.1, 0.15) is 36.5 Å². The molecule has 0 saturated carbocycles. The Morgan fingerprint density at radius 3 is 2.46 bits per heavy atom. The smallest absolute Gasteiger partial charge is 0.264 e. The van der Waals surface area contributed by atoms with E-state index >= 15 is 0 Å². The number of amides is 1. The Kier molecular flexibility index (Phi) is 8.50. The molecule has 1 aliphatic rings. The van der Waals surface area contributed by atoms with E-state index in [1.54, 1.807) is 7.11 Å². The number of thioether (sulfide) groups is 1. The van der Waals surface area contributed by atoms with Crippen LogP contribution in [0.25, 0.3) is 6.08 Å². The molecule has 1 amide bonds. The van der Waals surface area contributed by atoms with Gasteiger partial charge in [-0.3, -0.25) is 4.79 Å². The fourth-order valence-electron chi connectivity index (χ4n) is 3.50. The Morgan fingerprint density at radius 2 is 1.74 bits per heavy atom. The zero-order valence-electron chi connectivity index (χ0n) is 19.7. The standard InChI is InChI=1S/C28H27ClN2O3S/c1-3-4-5-19-8-13-23(14-9-19)30-28-31-27(32)26(35-28)17-21-10-15-24(25(16-21)33-2)34-18-20-6-11-22(29)12-7-20/h6-17H,3-5,18H2,1-2H3,(H,30,31,32)/b26-17-. The van der Waals surface area contributed by atoms with Gasteiger partial charge in [-0.05, 0) is 83.8 Å². The van der Waals surface area contributed by atoms with Crippen LogP contribution in [-0.2, 0) is 17.8 Å². The van der Waals surface area contributed by atoms with E-state index in [4.69, 9.17) is 21.1 Å². The van der Waals surface area contributed by atoms with Crippen molar-refractivity contribution in [3.05, 3.63) is 93.3 Å². The summed E-state index contributed by atoms with van der Waals surface area (Å²) in [7, 11) is 1.59. The van der Waals surface area contributed by atoms with E-state index in [2.05, 4.69) is 29.4 Å². The molecule has 1 N–H and O–H groups in total. The molecule has 7 heteroatoms. The molecule has 0 atom stereocenters. The Labute approximate surface area is 215 Å². The summed E-state index contributed by atoms with van der Waals surface area (Å²) < 4.78 is 11.4. The third kappa shape index (κ3) is 6.90. The Bertz CT molecular complexity index is 1240. The Balaban J connectivity index is 1.43. The molecule has 0 radical (unpaired) electrons. The van der Waals surface area contributed by atoms with Gasteiger partial charge in [0.05, 0.1) is 17.7 Å². The minimum Gasteiger partial charge on any atom is -0.493 e. The summed E-state index contributed by atoms with van der Waals surface area (Å²) in [6.07, 6.45) is 5.24. The van der Waals surface area contributed by atoms with Crippen molar-refractivity contribution >= 4 is 46.2 Å². The summed E-state index contributed by atoms with van der Waals surface area (Å²) in [5, 5.41) is 4.10. The van der Waals surface area contributed by atoms with E-state index < -0.39 is 0 Å². The highest BCUT2D eigenvalue weighted by Crippen LogP contribution is 2.33. The van der Waals surface area contributed by atoms with Crippen molar-refractivity contribution in [1.29, 1.82) is 0 Å². The topological polar surface area (TPSA) is 59.9 Å².